The highest BCUT2D eigenvalue weighted by Crippen LogP contribution is 2.32. The molecule has 0 atom stereocenters. The first-order valence-corrected chi connectivity index (χ1v) is 11.1. The number of anilines is 1. The minimum absolute atomic E-state index is 0.000480. The zero-order chi connectivity index (χ0) is 22.5. The van der Waals surface area contributed by atoms with E-state index in [1.54, 1.807) is 6.20 Å². The Hall–Kier alpha value is -3.29. The first-order valence-electron chi connectivity index (χ1n) is 11.1. The van der Waals surface area contributed by atoms with Crippen LogP contribution in [-0.2, 0) is 11.3 Å². The SMILES string of the molecule is CC.Nc1ncccc1-c1nc2ccc(C3CCOCC3)nc2n1-c1ccc(CO)cc1. The van der Waals surface area contributed by atoms with Gasteiger partial charge in [-0.2, -0.15) is 0 Å². The fourth-order valence-corrected chi connectivity index (χ4v) is 3.97. The van der Waals surface area contributed by atoms with Crippen LogP contribution in [0.15, 0.2) is 54.7 Å². The van der Waals surface area contributed by atoms with Gasteiger partial charge in [0.15, 0.2) is 11.5 Å². The van der Waals surface area contributed by atoms with Crippen molar-refractivity contribution in [3.8, 4) is 17.1 Å². The van der Waals surface area contributed by atoms with Gasteiger partial charge in [-0.25, -0.2) is 15.0 Å². The minimum atomic E-state index is -0.000480. The number of benzene rings is 1. The number of imidazole rings is 1. The van der Waals surface area contributed by atoms with Crippen LogP contribution in [0.4, 0.5) is 5.82 Å². The van der Waals surface area contributed by atoms with Gasteiger partial charge in [0.25, 0.3) is 0 Å². The lowest BCUT2D eigenvalue weighted by Crippen LogP contribution is -2.15. The van der Waals surface area contributed by atoms with Crippen LogP contribution < -0.4 is 5.73 Å². The summed E-state index contributed by atoms with van der Waals surface area (Å²) in [5, 5.41) is 9.41. The van der Waals surface area contributed by atoms with Crippen molar-refractivity contribution < 1.29 is 9.84 Å². The molecule has 1 aromatic carbocycles. The third kappa shape index (κ3) is 4.22. The van der Waals surface area contributed by atoms with Crippen LogP contribution in [0.1, 0.15) is 43.9 Å². The smallest absolute Gasteiger partial charge is 0.165 e. The van der Waals surface area contributed by atoms with Crippen LogP contribution in [-0.4, -0.2) is 37.8 Å². The van der Waals surface area contributed by atoms with Crippen molar-refractivity contribution in [2.24, 2.45) is 0 Å². The largest absolute Gasteiger partial charge is 0.392 e. The highest BCUT2D eigenvalue weighted by molar-refractivity contribution is 5.82. The van der Waals surface area contributed by atoms with E-state index in [1.807, 2.05) is 60.9 Å². The van der Waals surface area contributed by atoms with Crippen LogP contribution in [0.3, 0.4) is 0 Å². The van der Waals surface area contributed by atoms with Gasteiger partial charge in [-0.1, -0.05) is 26.0 Å². The van der Waals surface area contributed by atoms with Gasteiger partial charge in [0, 0.05) is 36.7 Å². The minimum Gasteiger partial charge on any atom is -0.392 e. The number of hydrogen-bond donors (Lipinski definition) is 2. The van der Waals surface area contributed by atoms with E-state index >= 15 is 0 Å². The Morgan fingerprint density at radius 1 is 1.03 bits per heavy atom. The Kier molecular flexibility index (Phi) is 6.78. The molecule has 166 valence electrons. The maximum atomic E-state index is 9.41. The standard InChI is InChI=1S/C23H23N5O2.C2H6/c24-21-18(2-1-11-25-21)22-27-20-8-7-19(16-9-12-30-13-10-16)26-23(20)28(22)17-5-3-15(14-29)4-6-17;1-2/h1-8,11,16,29H,9-10,12-14H2,(H2,24,25);1-2H3. The van der Waals surface area contributed by atoms with Gasteiger partial charge in [-0.3, -0.25) is 4.57 Å². The van der Waals surface area contributed by atoms with Crippen molar-refractivity contribution in [3.05, 3.63) is 66.0 Å². The molecule has 1 fully saturated rings. The molecule has 1 aliphatic heterocycles. The summed E-state index contributed by atoms with van der Waals surface area (Å²) in [7, 11) is 0. The Labute approximate surface area is 187 Å². The van der Waals surface area contributed by atoms with E-state index in [0.29, 0.717) is 17.6 Å². The van der Waals surface area contributed by atoms with Gasteiger partial charge in [0.05, 0.1) is 12.2 Å². The number of fused-ring (bicyclic) bond motifs is 1. The zero-order valence-corrected chi connectivity index (χ0v) is 18.5. The molecule has 0 radical (unpaired) electrons. The molecule has 0 aliphatic carbocycles. The van der Waals surface area contributed by atoms with Gasteiger partial charge >= 0.3 is 0 Å². The van der Waals surface area contributed by atoms with E-state index in [1.165, 1.54) is 0 Å². The third-order valence-corrected chi connectivity index (χ3v) is 5.62. The molecule has 4 aromatic rings. The average molecular weight is 432 g/mol. The van der Waals surface area contributed by atoms with Crippen LogP contribution in [0.2, 0.25) is 0 Å². The molecule has 3 N–H and O–H groups in total. The fourth-order valence-electron chi connectivity index (χ4n) is 3.97. The van der Waals surface area contributed by atoms with Crippen LogP contribution in [0, 0.1) is 0 Å². The molecule has 1 saturated heterocycles. The predicted molar refractivity (Wildman–Crippen MR) is 127 cm³/mol. The molecule has 3 aromatic heterocycles. The molecule has 0 unspecified atom stereocenters. The number of nitrogen functional groups attached to an aromatic ring is 1. The monoisotopic (exact) mass is 431 g/mol. The van der Waals surface area contributed by atoms with Crippen LogP contribution in [0.25, 0.3) is 28.2 Å². The number of ether oxygens (including phenoxy) is 1. The van der Waals surface area contributed by atoms with Gasteiger partial charge in [-0.15, -0.1) is 0 Å². The van der Waals surface area contributed by atoms with Crippen molar-refractivity contribution >= 4 is 17.0 Å². The normalized spacial score (nSPS) is 14.2. The Morgan fingerprint density at radius 2 is 1.78 bits per heavy atom. The number of pyridine rings is 2. The molecule has 7 heteroatoms. The number of aliphatic hydroxyl groups is 1. The van der Waals surface area contributed by atoms with Gasteiger partial charge in [-0.05, 0) is 54.8 Å². The quantitative estimate of drug-likeness (QED) is 0.494. The number of nitrogens with zero attached hydrogens (tertiary/aromatic N) is 4. The van der Waals surface area contributed by atoms with Crippen LogP contribution in [0.5, 0.6) is 0 Å². The Balaban J connectivity index is 0.00000119. The fraction of sp³-hybridized carbons (Fsp3) is 0.320. The number of rotatable bonds is 4. The van der Waals surface area contributed by atoms with Gasteiger partial charge < -0.3 is 15.6 Å². The van der Waals surface area contributed by atoms with Crippen molar-refractivity contribution in [3.63, 3.8) is 0 Å². The van der Waals surface area contributed by atoms with Gasteiger partial charge in [0.2, 0.25) is 0 Å². The molecule has 32 heavy (non-hydrogen) atoms. The number of aromatic nitrogens is 4. The molecular formula is C25H29N5O2. The van der Waals surface area contributed by atoms with Crippen LogP contribution >= 0.6 is 0 Å². The number of nitrogens with two attached hydrogens (primary N) is 1. The van der Waals surface area contributed by atoms with Crippen molar-refractivity contribution in [1.29, 1.82) is 0 Å². The molecule has 4 heterocycles. The molecule has 0 spiro atoms. The molecule has 1 aliphatic rings. The molecule has 7 nitrogen and oxygen atoms in total. The first-order chi connectivity index (χ1) is 15.7. The second kappa shape index (κ2) is 9.89. The van der Waals surface area contributed by atoms with Crippen molar-refractivity contribution in [2.75, 3.05) is 18.9 Å². The highest BCUT2D eigenvalue weighted by atomic mass is 16.5. The summed E-state index contributed by atoms with van der Waals surface area (Å²) in [5.41, 5.74) is 11.3. The maximum Gasteiger partial charge on any atom is 0.165 e. The second-order valence-corrected chi connectivity index (χ2v) is 7.50. The van der Waals surface area contributed by atoms with Crippen molar-refractivity contribution in [2.45, 2.75) is 39.2 Å². The van der Waals surface area contributed by atoms with E-state index in [4.69, 9.17) is 20.4 Å². The lowest BCUT2D eigenvalue weighted by atomic mass is 9.96. The lowest BCUT2D eigenvalue weighted by molar-refractivity contribution is 0.0845. The number of hydrogen-bond acceptors (Lipinski definition) is 6. The molecule has 0 bridgehead atoms. The molecular weight excluding hydrogens is 402 g/mol. The summed E-state index contributed by atoms with van der Waals surface area (Å²) in [6.45, 7) is 5.53. The van der Waals surface area contributed by atoms with Gasteiger partial charge in [0.1, 0.15) is 11.3 Å². The van der Waals surface area contributed by atoms with E-state index in [2.05, 4.69) is 11.1 Å². The summed E-state index contributed by atoms with van der Waals surface area (Å²) in [6.07, 6.45) is 3.61. The zero-order valence-electron chi connectivity index (χ0n) is 18.5. The predicted octanol–water partition coefficient (Wildman–Crippen LogP) is 4.48. The average Bonchev–Trinajstić information content (AvgIpc) is 3.24. The first kappa shape index (κ1) is 21.9. The summed E-state index contributed by atoms with van der Waals surface area (Å²) in [4.78, 5) is 14.1. The Morgan fingerprint density at radius 3 is 2.47 bits per heavy atom. The highest BCUT2D eigenvalue weighted by Gasteiger charge is 2.21. The number of aliphatic hydroxyl groups excluding tert-OH is 1. The summed E-state index contributed by atoms with van der Waals surface area (Å²) in [5.74, 6) is 1.50. The topological polar surface area (TPSA) is 99.1 Å². The summed E-state index contributed by atoms with van der Waals surface area (Å²) in [6, 6.07) is 15.6. The van der Waals surface area contributed by atoms with E-state index in [-0.39, 0.29) is 6.61 Å². The summed E-state index contributed by atoms with van der Waals surface area (Å²) >= 11 is 0. The summed E-state index contributed by atoms with van der Waals surface area (Å²) < 4.78 is 7.53. The lowest BCUT2D eigenvalue weighted by Gasteiger charge is -2.21. The van der Waals surface area contributed by atoms with Crippen molar-refractivity contribution in [1.82, 2.24) is 19.5 Å². The second-order valence-electron chi connectivity index (χ2n) is 7.50. The maximum absolute atomic E-state index is 9.41. The van der Waals surface area contributed by atoms with E-state index < -0.39 is 0 Å². The van der Waals surface area contributed by atoms with E-state index in [9.17, 15) is 5.11 Å². The Bertz CT molecular complexity index is 1180. The van der Waals surface area contributed by atoms with E-state index in [0.717, 1.165) is 59.7 Å². The molecule has 0 amide bonds. The molecule has 5 rings (SSSR count). The third-order valence-electron chi connectivity index (χ3n) is 5.62. The molecule has 0 saturated carbocycles.